The molecular weight excluding hydrogens is 384 g/mol. The third-order valence-electron chi connectivity index (χ3n) is 4.82. The van der Waals surface area contributed by atoms with Crippen molar-refractivity contribution in [2.75, 3.05) is 11.4 Å². The molecule has 3 aromatic rings. The summed E-state index contributed by atoms with van der Waals surface area (Å²) in [5.74, 6) is -0.211. The van der Waals surface area contributed by atoms with Crippen LogP contribution in [0.4, 0.5) is 5.69 Å². The van der Waals surface area contributed by atoms with Crippen LogP contribution in [-0.4, -0.2) is 21.4 Å². The molecule has 0 aliphatic heterocycles. The molecule has 5 nitrogen and oxygen atoms in total. The Morgan fingerprint density at radius 2 is 1.48 bits per heavy atom. The minimum absolute atomic E-state index is 0.132. The van der Waals surface area contributed by atoms with Crippen LogP contribution in [0.1, 0.15) is 34.5 Å². The van der Waals surface area contributed by atoms with Gasteiger partial charge in [-0.15, -0.1) is 0 Å². The molecule has 0 saturated carbocycles. The quantitative estimate of drug-likeness (QED) is 0.661. The molecule has 3 aromatic carbocycles. The molecule has 6 heteroatoms. The minimum Gasteiger partial charge on any atom is -0.346 e. The predicted molar refractivity (Wildman–Crippen MR) is 116 cm³/mol. The van der Waals surface area contributed by atoms with Gasteiger partial charge in [-0.1, -0.05) is 48.0 Å². The zero-order valence-electron chi connectivity index (χ0n) is 16.7. The lowest BCUT2D eigenvalue weighted by Gasteiger charge is -2.20. The second-order valence-electron chi connectivity index (χ2n) is 6.94. The van der Waals surface area contributed by atoms with Crippen LogP contribution in [0.2, 0.25) is 0 Å². The molecule has 0 aliphatic carbocycles. The Kier molecular flexibility index (Phi) is 6.03. The van der Waals surface area contributed by atoms with Gasteiger partial charge < -0.3 is 5.32 Å². The Morgan fingerprint density at radius 1 is 0.897 bits per heavy atom. The van der Waals surface area contributed by atoms with Crippen molar-refractivity contribution >= 4 is 21.6 Å². The van der Waals surface area contributed by atoms with Crippen LogP contribution in [0.3, 0.4) is 0 Å². The Hall–Kier alpha value is -3.12. The zero-order chi connectivity index (χ0) is 21.0. The first kappa shape index (κ1) is 20.6. The van der Waals surface area contributed by atoms with E-state index in [1.165, 1.54) is 11.4 Å². The van der Waals surface area contributed by atoms with Crippen LogP contribution in [0.15, 0.2) is 83.8 Å². The Balaban J connectivity index is 1.73. The number of benzene rings is 3. The third-order valence-corrected chi connectivity index (χ3v) is 6.62. The van der Waals surface area contributed by atoms with E-state index in [2.05, 4.69) is 5.32 Å². The lowest BCUT2D eigenvalue weighted by molar-refractivity contribution is 0.0940. The molecule has 0 bridgehead atoms. The second-order valence-corrected chi connectivity index (χ2v) is 8.91. The van der Waals surface area contributed by atoms with Crippen molar-refractivity contribution in [2.45, 2.75) is 24.8 Å². The fourth-order valence-corrected chi connectivity index (χ4v) is 4.13. The van der Waals surface area contributed by atoms with Crippen LogP contribution < -0.4 is 9.62 Å². The van der Waals surface area contributed by atoms with Gasteiger partial charge in [-0.05, 0) is 55.8 Å². The van der Waals surface area contributed by atoms with E-state index in [1.54, 1.807) is 48.5 Å². The van der Waals surface area contributed by atoms with Crippen molar-refractivity contribution in [3.8, 4) is 0 Å². The Morgan fingerprint density at radius 3 is 2.07 bits per heavy atom. The van der Waals surface area contributed by atoms with Gasteiger partial charge in [0, 0.05) is 12.6 Å². The van der Waals surface area contributed by atoms with Gasteiger partial charge in [-0.2, -0.15) is 0 Å². The average molecular weight is 409 g/mol. The van der Waals surface area contributed by atoms with Gasteiger partial charge in [0.1, 0.15) is 0 Å². The van der Waals surface area contributed by atoms with E-state index in [-0.39, 0.29) is 16.8 Å². The molecular formula is C23H24N2O3S. The summed E-state index contributed by atoms with van der Waals surface area (Å²) in [6.07, 6.45) is 0. The van der Waals surface area contributed by atoms with E-state index >= 15 is 0 Å². The second kappa shape index (κ2) is 8.49. The van der Waals surface area contributed by atoms with E-state index in [0.717, 1.165) is 11.1 Å². The highest BCUT2D eigenvalue weighted by molar-refractivity contribution is 7.92. The van der Waals surface area contributed by atoms with E-state index < -0.39 is 10.0 Å². The summed E-state index contributed by atoms with van der Waals surface area (Å²) in [4.78, 5) is 12.7. The van der Waals surface area contributed by atoms with Crippen LogP contribution in [0.5, 0.6) is 0 Å². The lowest BCUT2D eigenvalue weighted by Crippen LogP contribution is -2.28. The van der Waals surface area contributed by atoms with Gasteiger partial charge in [0.15, 0.2) is 0 Å². The number of nitrogens with zero attached hydrogens (tertiary/aromatic N) is 1. The van der Waals surface area contributed by atoms with Crippen molar-refractivity contribution < 1.29 is 13.2 Å². The molecule has 0 saturated heterocycles. The maximum Gasteiger partial charge on any atom is 0.264 e. The first-order chi connectivity index (χ1) is 13.8. The van der Waals surface area contributed by atoms with Gasteiger partial charge in [0.2, 0.25) is 0 Å². The van der Waals surface area contributed by atoms with Gasteiger partial charge >= 0.3 is 0 Å². The van der Waals surface area contributed by atoms with E-state index in [9.17, 15) is 13.2 Å². The highest BCUT2D eigenvalue weighted by Crippen LogP contribution is 2.23. The number of nitrogens with one attached hydrogen (secondary N) is 1. The molecule has 0 spiro atoms. The number of sulfonamides is 1. The molecule has 3 rings (SSSR count). The summed E-state index contributed by atoms with van der Waals surface area (Å²) in [5, 5.41) is 2.95. The molecule has 29 heavy (non-hydrogen) atoms. The number of aryl methyl sites for hydroxylation is 1. The number of anilines is 1. The highest BCUT2D eigenvalue weighted by atomic mass is 32.2. The van der Waals surface area contributed by atoms with Crippen molar-refractivity contribution in [2.24, 2.45) is 0 Å². The fourth-order valence-electron chi connectivity index (χ4n) is 2.93. The Bertz CT molecular complexity index is 1080. The lowest BCUT2D eigenvalue weighted by atomic mass is 10.1. The molecule has 0 fully saturated rings. The SMILES string of the molecule is Cc1ccc(S(=O)(=O)N(C)c2ccc(C(=O)NC(C)c3ccccc3)cc2)cc1. The summed E-state index contributed by atoms with van der Waals surface area (Å²) >= 11 is 0. The topological polar surface area (TPSA) is 66.5 Å². The van der Waals surface area contributed by atoms with E-state index in [1.807, 2.05) is 44.2 Å². The minimum atomic E-state index is -3.66. The zero-order valence-corrected chi connectivity index (χ0v) is 17.5. The van der Waals surface area contributed by atoms with Crippen LogP contribution >= 0.6 is 0 Å². The number of rotatable bonds is 6. The monoisotopic (exact) mass is 408 g/mol. The maximum atomic E-state index is 12.8. The summed E-state index contributed by atoms with van der Waals surface area (Å²) in [6.45, 7) is 3.83. The molecule has 1 atom stereocenters. The Labute approximate surface area is 172 Å². The molecule has 1 unspecified atom stereocenters. The summed E-state index contributed by atoms with van der Waals surface area (Å²) in [5.41, 5.74) is 2.96. The molecule has 0 aromatic heterocycles. The predicted octanol–water partition coefficient (Wildman–Crippen LogP) is 4.31. The first-order valence-corrected chi connectivity index (χ1v) is 10.7. The number of carbonyl (C=O) groups is 1. The van der Waals surface area contributed by atoms with Crippen molar-refractivity contribution in [1.82, 2.24) is 5.32 Å². The number of carbonyl (C=O) groups excluding carboxylic acids is 1. The molecule has 0 aliphatic rings. The fraction of sp³-hybridized carbons (Fsp3) is 0.174. The van der Waals surface area contributed by atoms with Gasteiger partial charge in [0.05, 0.1) is 16.6 Å². The summed E-state index contributed by atoms with van der Waals surface area (Å²) in [6, 6.07) is 22.8. The largest absolute Gasteiger partial charge is 0.346 e. The van der Waals surface area contributed by atoms with Crippen molar-refractivity contribution in [3.05, 3.63) is 95.6 Å². The van der Waals surface area contributed by atoms with E-state index in [4.69, 9.17) is 0 Å². The molecule has 0 heterocycles. The van der Waals surface area contributed by atoms with Gasteiger partial charge in [0.25, 0.3) is 15.9 Å². The van der Waals surface area contributed by atoms with Crippen molar-refractivity contribution in [1.29, 1.82) is 0 Å². The molecule has 1 amide bonds. The molecule has 150 valence electrons. The smallest absolute Gasteiger partial charge is 0.264 e. The average Bonchev–Trinajstić information content (AvgIpc) is 2.74. The first-order valence-electron chi connectivity index (χ1n) is 9.30. The number of hydrogen-bond donors (Lipinski definition) is 1. The molecule has 0 radical (unpaired) electrons. The van der Waals surface area contributed by atoms with Gasteiger partial charge in [-0.3, -0.25) is 9.10 Å². The van der Waals surface area contributed by atoms with Crippen LogP contribution in [0, 0.1) is 6.92 Å². The standard InChI is InChI=1S/C23H24N2O3S/c1-17-9-15-22(16-10-17)29(27,28)25(3)21-13-11-20(12-14-21)23(26)24-18(2)19-7-5-4-6-8-19/h4-16,18H,1-3H3,(H,24,26). The molecule has 1 N–H and O–H groups in total. The summed E-state index contributed by atoms with van der Waals surface area (Å²) in [7, 11) is -2.16. The normalized spacial score (nSPS) is 12.2. The highest BCUT2D eigenvalue weighted by Gasteiger charge is 2.21. The maximum absolute atomic E-state index is 12.8. The number of hydrogen-bond acceptors (Lipinski definition) is 3. The van der Waals surface area contributed by atoms with Crippen LogP contribution in [0.25, 0.3) is 0 Å². The van der Waals surface area contributed by atoms with Crippen LogP contribution in [-0.2, 0) is 10.0 Å². The third kappa shape index (κ3) is 4.66. The summed E-state index contributed by atoms with van der Waals surface area (Å²) < 4.78 is 26.8. The van der Waals surface area contributed by atoms with Gasteiger partial charge in [-0.25, -0.2) is 8.42 Å². The number of amides is 1. The van der Waals surface area contributed by atoms with Crippen molar-refractivity contribution in [3.63, 3.8) is 0 Å². The van der Waals surface area contributed by atoms with E-state index in [0.29, 0.717) is 11.3 Å².